The Bertz CT molecular complexity index is 1020. The first kappa shape index (κ1) is 20.1. The lowest BCUT2D eigenvalue weighted by molar-refractivity contribution is -0.119. The summed E-state index contributed by atoms with van der Waals surface area (Å²) in [5, 5.41) is 7.00. The zero-order valence-electron chi connectivity index (χ0n) is 16.7. The van der Waals surface area contributed by atoms with Gasteiger partial charge < -0.3 is 20.1 Å². The second-order valence-electron chi connectivity index (χ2n) is 6.56. The van der Waals surface area contributed by atoms with Crippen LogP contribution < -0.4 is 20.1 Å². The van der Waals surface area contributed by atoms with Gasteiger partial charge in [0.05, 0.1) is 19.7 Å². The van der Waals surface area contributed by atoms with E-state index in [0.29, 0.717) is 23.7 Å². The molecule has 1 aromatic heterocycles. The molecule has 1 heterocycles. The molecule has 0 bridgehead atoms. The Morgan fingerprint density at radius 3 is 2.41 bits per heavy atom. The fraction of sp³-hybridized carbons (Fsp3) is 0.227. The highest BCUT2D eigenvalue weighted by Gasteiger charge is 2.12. The lowest BCUT2D eigenvalue weighted by atomic mass is 10.1. The summed E-state index contributed by atoms with van der Waals surface area (Å²) >= 11 is 0. The van der Waals surface area contributed by atoms with Crippen molar-refractivity contribution in [3.8, 4) is 11.5 Å². The molecule has 2 N–H and O–H groups in total. The minimum absolute atomic E-state index is 0.0338. The summed E-state index contributed by atoms with van der Waals surface area (Å²) < 4.78 is 10.7. The second kappa shape index (κ2) is 9.05. The van der Waals surface area contributed by atoms with E-state index in [0.717, 1.165) is 22.3 Å². The lowest BCUT2D eigenvalue weighted by Gasteiger charge is -2.13. The van der Waals surface area contributed by atoms with Crippen molar-refractivity contribution in [3.05, 3.63) is 55.4 Å². The number of carbonyl (C=O) groups excluding carboxylic acids is 1. The van der Waals surface area contributed by atoms with Crippen LogP contribution in [0.5, 0.6) is 11.5 Å². The molecule has 0 radical (unpaired) electrons. The molecule has 0 saturated heterocycles. The Labute approximate surface area is 169 Å². The van der Waals surface area contributed by atoms with Gasteiger partial charge in [-0.15, -0.1) is 6.58 Å². The van der Waals surface area contributed by atoms with Crippen LogP contribution in [0.2, 0.25) is 0 Å². The number of hydrogen-bond acceptors (Lipinski definition) is 6. The molecule has 2 aromatic carbocycles. The van der Waals surface area contributed by atoms with E-state index in [4.69, 9.17) is 9.47 Å². The number of methoxy groups -OCH3 is 2. The average molecular weight is 392 g/mol. The van der Waals surface area contributed by atoms with Crippen molar-refractivity contribution in [2.24, 2.45) is 5.92 Å². The second-order valence-corrected chi connectivity index (χ2v) is 6.56. The zero-order chi connectivity index (χ0) is 20.8. The quantitative estimate of drug-likeness (QED) is 0.548. The van der Waals surface area contributed by atoms with E-state index < -0.39 is 0 Å². The highest BCUT2D eigenvalue weighted by atomic mass is 16.5. The summed E-state index contributed by atoms with van der Waals surface area (Å²) in [6, 6.07) is 11.1. The number of hydrogen-bond donors (Lipinski definition) is 2. The maximum atomic E-state index is 12.1. The summed E-state index contributed by atoms with van der Waals surface area (Å²) in [5.74, 6) is 1.70. The Balaban J connectivity index is 1.80. The van der Waals surface area contributed by atoms with E-state index in [-0.39, 0.29) is 11.8 Å². The number of fused-ring (bicyclic) bond motifs is 1. The van der Waals surface area contributed by atoms with Gasteiger partial charge in [0.15, 0.2) is 11.5 Å². The molecule has 150 valence electrons. The molecule has 29 heavy (non-hydrogen) atoms. The van der Waals surface area contributed by atoms with Crippen LogP contribution in [0.3, 0.4) is 0 Å². The van der Waals surface area contributed by atoms with Crippen LogP contribution in [0.15, 0.2) is 55.4 Å². The van der Waals surface area contributed by atoms with Gasteiger partial charge in [0, 0.05) is 28.7 Å². The number of aromatic nitrogens is 2. The molecule has 0 saturated carbocycles. The topological polar surface area (TPSA) is 85.4 Å². The molecular weight excluding hydrogens is 368 g/mol. The van der Waals surface area contributed by atoms with Gasteiger partial charge in [0.2, 0.25) is 5.91 Å². The molecule has 1 amide bonds. The smallest absolute Gasteiger partial charge is 0.227 e. The lowest BCUT2D eigenvalue weighted by Crippen LogP contribution is -2.19. The molecule has 1 unspecified atom stereocenters. The highest BCUT2D eigenvalue weighted by molar-refractivity contribution is 5.94. The molecular formula is C22H24N4O3. The number of rotatable bonds is 8. The van der Waals surface area contributed by atoms with Crippen LogP contribution in [-0.2, 0) is 4.79 Å². The van der Waals surface area contributed by atoms with Crippen LogP contribution in [0.1, 0.15) is 13.3 Å². The third-order valence-corrected chi connectivity index (χ3v) is 4.52. The van der Waals surface area contributed by atoms with E-state index in [1.807, 2.05) is 43.3 Å². The number of anilines is 3. The molecule has 0 aliphatic heterocycles. The summed E-state index contributed by atoms with van der Waals surface area (Å²) in [6.07, 6.45) is 3.88. The zero-order valence-corrected chi connectivity index (χ0v) is 16.7. The van der Waals surface area contributed by atoms with Crippen molar-refractivity contribution in [1.82, 2.24) is 9.97 Å². The van der Waals surface area contributed by atoms with Gasteiger partial charge in [-0.25, -0.2) is 9.97 Å². The molecule has 7 nitrogen and oxygen atoms in total. The van der Waals surface area contributed by atoms with Gasteiger partial charge in [-0.05, 0) is 36.8 Å². The largest absolute Gasteiger partial charge is 0.493 e. The van der Waals surface area contributed by atoms with Gasteiger partial charge in [0.1, 0.15) is 12.1 Å². The van der Waals surface area contributed by atoms with Crippen molar-refractivity contribution in [3.63, 3.8) is 0 Å². The monoisotopic (exact) mass is 392 g/mol. The Kier molecular flexibility index (Phi) is 6.29. The Morgan fingerprint density at radius 1 is 1.10 bits per heavy atom. The minimum Gasteiger partial charge on any atom is -0.493 e. The normalized spacial score (nSPS) is 11.6. The SMILES string of the molecule is C=CCC(C)C(=O)Nc1ccc(Nc2ncnc3cc(OC)c(OC)cc23)cc1. The number of nitrogens with one attached hydrogen (secondary N) is 2. The van der Waals surface area contributed by atoms with Gasteiger partial charge in [0.25, 0.3) is 0 Å². The van der Waals surface area contributed by atoms with Crippen molar-refractivity contribution in [1.29, 1.82) is 0 Å². The van der Waals surface area contributed by atoms with E-state index in [1.54, 1.807) is 20.3 Å². The predicted molar refractivity (Wildman–Crippen MR) is 115 cm³/mol. The highest BCUT2D eigenvalue weighted by Crippen LogP contribution is 2.34. The number of benzene rings is 2. The Hall–Kier alpha value is -3.61. The molecule has 0 aliphatic carbocycles. The van der Waals surface area contributed by atoms with Crippen LogP contribution in [-0.4, -0.2) is 30.1 Å². The molecule has 3 rings (SSSR count). The standard InChI is InChI=1S/C22H24N4O3/c1-5-6-14(2)22(27)26-16-9-7-15(8-10-16)25-21-17-11-19(28-3)20(29-4)12-18(17)23-13-24-21/h5,7-14H,1,6H2,2-4H3,(H,26,27)(H,23,24,25). The predicted octanol–water partition coefficient (Wildman–Crippen LogP) is 4.54. The van der Waals surface area contributed by atoms with Crippen LogP contribution in [0.25, 0.3) is 10.9 Å². The number of nitrogens with zero attached hydrogens (tertiary/aromatic N) is 2. The minimum atomic E-state index is -0.121. The van der Waals surface area contributed by atoms with Crippen molar-refractivity contribution >= 4 is 34.0 Å². The number of ether oxygens (including phenoxy) is 2. The molecule has 0 fully saturated rings. The first-order valence-electron chi connectivity index (χ1n) is 9.21. The van der Waals surface area contributed by atoms with Gasteiger partial charge in [-0.1, -0.05) is 13.0 Å². The van der Waals surface area contributed by atoms with Gasteiger partial charge in [-0.3, -0.25) is 4.79 Å². The van der Waals surface area contributed by atoms with Crippen LogP contribution >= 0.6 is 0 Å². The van der Waals surface area contributed by atoms with E-state index >= 15 is 0 Å². The van der Waals surface area contributed by atoms with E-state index in [1.165, 1.54) is 6.33 Å². The van der Waals surface area contributed by atoms with Gasteiger partial charge in [-0.2, -0.15) is 0 Å². The van der Waals surface area contributed by atoms with Crippen LogP contribution in [0, 0.1) is 5.92 Å². The molecule has 0 aliphatic rings. The maximum absolute atomic E-state index is 12.1. The number of carbonyl (C=O) groups is 1. The first-order valence-corrected chi connectivity index (χ1v) is 9.21. The molecule has 7 heteroatoms. The van der Waals surface area contributed by atoms with E-state index in [9.17, 15) is 4.79 Å². The molecule has 1 atom stereocenters. The summed E-state index contributed by atoms with van der Waals surface area (Å²) in [7, 11) is 3.17. The Morgan fingerprint density at radius 2 is 1.76 bits per heavy atom. The fourth-order valence-corrected chi connectivity index (χ4v) is 2.88. The fourth-order valence-electron chi connectivity index (χ4n) is 2.88. The maximum Gasteiger partial charge on any atom is 0.227 e. The third-order valence-electron chi connectivity index (χ3n) is 4.52. The third kappa shape index (κ3) is 4.63. The van der Waals surface area contributed by atoms with Crippen molar-refractivity contribution < 1.29 is 14.3 Å². The molecule has 0 spiro atoms. The average Bonchev–Trinajstić information content (AvgIpc) is 2.74. The summed E-state index contributed by atoms with van der Waals surface area (Å²) in [5.41, 5.74) is 2.30. The number of allylic oxidation sites excluding steroid dienone is 1. The first-order chi connectivity index (χ1) is 14.0. The van der Waals surface area contributed by atoms with E-state index in [2.05, 4.69) is 27.2 Å². The number of amides is 1. The molecule has 3 aromatic rings. The summed E-state index contributed by atoms with van der Waals surface area (Å²) in [4.78, 5) is 20.8. The van der Waals surface area contributed by atoms with Crippen LogP contribution in [0.4, 0.5) is 17.2 Å². The summed E-state index contributed by atoms with van der Waals surface area (Å²) in [6.45, 7) is 5.54. The van der Waals surface area contributed by atoms with Crippen molar-refractivity contribution in [2.45, 2.75) is 13.3 Å². The van der Waals surface area contributed by atoms with Gasteiger partial charge >= 0.3 is 0 Å². The van der Waals surface area contributed by atoms with Crippen molar-refractivity contribution in [2.75, 3.05) is 24.9 Å².